The molecule has 4 nitrogen and oxygen atoms in total. The largest absolute Gasteiger partial charge is 0.339 e. The van der Waals surface area contributed by atoms with E-state index in [1.165, 1.54) is 0 Å². The van der Waals surface area contributed by atoms with Crippen molar-refractivity contribution in [1.82, 2.24) is 15.5 Å². The van der Waals surface area contributed by atoms with E-state index in [2.05, 4.69) is 15.5 Å². The van der Waals surface area contributed by atoms with Crippen molar-refractivity contribution in [2.45, 2.75) is 19.4 Å². The number of halogens is 3. The quantitative estimate of drug-likeness (QED) is 0.867. The van der Waals surface area contributed by atoms with Gasteiger partial charge < -0.3 is 9.84 Å². The van der Waals surface area contributed by atoms with Crippen LogP contribution >= 0.6 is 0 Å². The van der Waals surface area contributed by atoms with Crippen molar-refractivity contribution in [3.8, 4) is 11.4 Å². The number of benzene rings is 1. The molecule has 7 heteroatoms. The van der Waals surface area contributed by atoms with Crippen molar-refractivity contribution in [3.05, 3.63) is 35.5 Å². The molecule has 0 radical (unpaired) electrons. The maximum absolute atomic E-state index is 13.1. The highest BCUT2D eigenvalue weighted by Crippen LogP contribution is 2.21. The Hall–Kier alpha value is -1.89. The fraction of sp³-hybridized carbons (Fsp3) is 0.333. The lowest BCUT2D eigenvalue weighted by atomic mass is 10.2. The molecule has 0 aliphatic carbocycles. The molecule has 1 unspecified atom stereocenters. The summed E-state index contributed by atoms with van der Waals surface area (Å²) in [7, 11) is 1.78. The zero-order valence-corrected chi connectivity index (χ0v) is 10.4. The van der Waals surface area contributed by atoms with Gasteiger partial charge in [-0.3, -0.25) is 0 Å². The lowest BCUT2D eigenvalue weighted by Gasteiger charge is -2.04. The summed E-state index contributed by atoms with van der Waals surface area (Å²) in [6, 6.07) is 1.78. The first-order valence-electron chi connectivity index (χ1n) is 5.66. The number of hydrogen-bond acceptors (Lipinski definition) is 4. The Morgan fingerprint density at radius 3 is 2.47 bits per heavy atom. The topological polar surface area (TPSA) is 51.0 Å². The van der Waals surface area contributed by atoms with Crippen molar-refractivity contribution in [2.24, 2.45) is 0 Å². The Kier molecular flexibility index (Phi) is 3.84. The fourth-order valence-electron chi connectivity index (χ4n) is 1.50. The van der Waals surface area contributed by atoms with E-state index in [9.17, 15) is 13.2 Å². The van der Waals surface area contributed by atoms with Gasteiger partial charge in [0.25, 0.3) is 0 Å². The van der Waals surface area contributed by atoms with Gasteiger partial charge in [-0.2, -0.15) is 4.98 Å². The highest BCUT2D eigenvalue weighted by Gasteiger charge is 2.16. The first-order chi connectivity index (χ1) is 9.01. The van der Waals surface area contributed by atoms with E-state index in [1.54, 1.807) is 7.05 Å². The number of nitrogens with one attached hydrogen (secondary N) is 1. The van der Waals surface area contributed by atoms with Crippen LogP contribution in [0.5, 0.6) is 0 Å². The lowest BCUT2D eigenvalue weighted by Crippen LogP contribution is -2.23. The van der Waals surface area contributed by atoms with E-state index in [1.807, 2.05) is 6.92 Å². The van der Waals surface area contributed by atoms with E-state index in [4.69, 9.17) is 4.52 Å². The van der Waals surface area contributed by atoms with Crippen LogP contribution in [-0.4, -0.2) is 23.2 Å². The van der Waals surface area contributed by atoms with Crippen LogP contribution < -0.4 is 5.32 Å². The molecule has 2 aromatic rings. The molecule has 0 saturated heterocycles. The SMILES string of the molecule is CNC(C)Cc1nc(-c2cc(F)c(F)c(F)c2)no1. The second-order valence-electron chi connectivity index (χ2n) is 4.16. The normalized spacial score (nSPS) is 12.7. The minimum absolute atomic E-state index is 0.0242. The predicted octanol–water partition coefficient (Wildman–Crippen LogP) is 2.30. The summed E-state index contributed by atoms with van der Waals surface area (Å²) in [5.41, 5.74) is 0.0310. The molecule has 1 aromatic heterocycles. The molecule has 1 aromatic carbocycles. The van der Waals surface area contributed by atoms with Crippen molar-refractivity contribution in [1.29, 1.82) is 0 Å². The molecule has 2 rings (SSSR count). The fourth-order valence-corrected chi connectivity index (χ4v) is 1.50. The number of likely N-dealkylation sites (N-methyl/N-ethyl adjacent to an activating group) is 1. The zero-order chi connectivity index (χ0) is 14.0. The molecular weight excluding hydrogens is 259 g/mol. The molecule has 0 amide bonds. The molecule has 0 aliphatic rings. The summed E-state index contributed by atoms with van der Waals surface area (Å²) < 4.78 is 44.0. The second-order valence-corrected chi connectivity index (χ2v) is 4.16. The molecule has 0 bridgehead atoms. The molecule has 0 spiro atoms. The third kappa shape index (κ3) is 2.93. The van der Waals surface area contributed by atoms with E-state index in [0.29, 0.717) is 12.3 Å². The Labute approximate surface area is 107 Å². The van der Waals surface area contributed by atoms with Crippen LogP contribution in [0.2, 0.25) is 0 Å². The maximum atomic E-state index is 13.1. The summed E-state index contributed by atoms with van der Waals surface area (Å²) in [6.07, 6.45) is 0.482. The van der Waals surface area contributed by atoms with E-state index >= 15 is 0 Å². The Bertz CT molecular complexity index is 562. The standard InChI is InChI=1S/C12H12F3N3O/c1-6(16-2)3-10-17-12(18-19-10)7-4-8(13)11(15)9(14)5-7/h4-6,16H,3H2,1-2H3. The minimum Gasteiger partial charge on any atom is -0.339 e. The average Bonchev–Trinajstić information content (AvgIpc) is 2.83. The summed E-state index contributed by atoms with van der Waals surface area (Å²) >= 11 is 0. The third-order valence-electron chi connectivity index (χ3n) is 2.68. The van der Waals surface area contributed by atoms with Crippen LogP contribution in [0.15, 0.2) is 16.7 Å². The summed E-state index contributed by atoms with van der Waals surface area (Å²) in [5, 5.41) is 6.61. The first-order valence-corrected chi connectivity index (χ1v) is 5.66. The number of hydrogen-bond donors (Lipinski definition) is 1. The monoisotopic (exact) mass is 271 g/mol. The highest BCUT2D eigenvalue weighted by atomic mass is 19.2. The van der Waals surface area contributed by atoms with Crippen LogP contribution in [0.4, 0.5) is 13.2 Å². The minimum atomic E-state index is -1.52. The van der Waals surface area contributed by atoms with Gasteiger partial charge in [0, 0.05) is 18.0 Å². The molecular formula is C12H12F3N3O. The molecule has 0 fully saturated rings. The Morgan fingerprint density at radius 2 is 1.89 bits per heavy atom. The van der Waals surface area contributed by atoms with Gasteiger partial charge in [-0.25, -0.2) is 13.2 Å². The van der Waals surface area contributed by atoms with Gasteiger partial charge in [0.1, 0.15) is 0 Å². The first kappa shape index (κ1) is 13.5. The van der Waals surface area contributed by atoms with Crippen molar-refractivity contribution in [3.63, 3.8) is 0 Å². The Balaban J connectivity index is 2.28. The molecule has 1 N–H and O–H groups in total. The summed E-state index contributed by atoms with van der Waals surface area (Å²) in [5.74, 6) is -3.73. The third-order valence-corrected chi connectivity index (χ3v) is 2.68. The molecule has 102 valence electrons. The van der Waals surface area contributed by atoms with Crippen molar-refractivity contribution < 1.29 is 17.7 Å². The molecule has 0 aliphatic heterocycles. The number of nitrogens with zero attached hydrogens (tertiary/aromatic N) is 2. The van der Waals surface area contributed by atoms with E-state index in [-0.39, 0.29) is 17.4 Å². The maximum Gasteiger partial charge on any atom is 0.228 e. The molecule has 19 heavy (non-hydrogen) atoms. The van der Waals surface area contributed by atoms with Crippen LogP contribution in [0.1, 0.15) is 12.8 Å². The van der Waals surface area contributed by atoms with Gasteiger partial charge >= 0.3 is 0 Å². The van der Waals surface area contributed by atoms with Crippen molar-refractivity contribution >= 4 is 0 Å². The lowest BCUT2D eigenvalue weighted by molar-refractivity contribution is 0.365. The van der Waals surface area contributed by atoms with Crippen LogP contribution in [0.25, 0.3) is 11.4 Å². The van der Waals surface area contributed by atoms with Gasteiger partial charge in [0.2, 0.25) is 11.7 Å². The number of aromatic nitrogens is 2. The molecule has 0 saturated carbocycles. The summed E-state index contributed by atoms with van der Waals surface area (Å²) in [4.78, 5) is 4.01. The van der Waals surface area contributed by atoms with Gasteiger partial charge in [-0.1, -0.05) is 5.16 Å². The van der Waals surface area contributed by atoms with Gasteiger partial charge in [-0.15, -0.1) is 0 Å². The van der Waals surface area contributed by atoms with Crippen LogP contribution in [-0.2, 0) is 6.42 Å². The molecule has 1 heterocycles. The smallest absolute Gasteiger partial charge is 0.228 e. The predicted molar refractivity (Wildman–Crippen MR) is 61.8 cm³/mol. The van der Waals surface area contributed by atoms with Gasteiger partial charge in [0.05, 0.1) is 0 Å². The molecule has 1 atom stereocenters. The zero-order valence-electron chi connectivity index (χ0n) is 10.4. The summed E-state index contributed by atoms with van der Waals surface area (Å²) in [6.45, 7) is 1.92. The van der Waals surface area contributed by atoms with Gasteiger partial charge in [0.15, 0.2) is 17.5 Å². The van der Waals surface area contributed by atoms with Gasteiger partial charge in [-0.05, 0) is 26.1 Å². The van der Waals surface area contributed by atoms with Crippen molar-refractivity contribution in [2.75, 3.05) is 7.05 Å². The highest BCUT2D eigenvalue weighted by molar-refractivity contribution is 5.54. The van der Waals surface area contributed by atoms with Crippen LogP contribution in [0, 0.1) is 17.5 Å². The number of rotatable bonds is 4. The van der Waals surface area contributed by atoms with E-state index < -0.39 is 17.5 Å². The second kappa shape index (κ2) is 5.40. The van der Waals surface area contributed by atoms with E-state index in [0.717, 1.165) is 12.1 Å². The Morgan fingerprint density at radius 1 is 1.26 bits per heavy atom. The van der Waals surface area contributed by atoms with Crippen LogP contribution in [0.3, 0.4) is 0 Å². The average molecular weight is 271 g/mol.